The van der Waals surface area contributed by atoms with E-state index in [2.05, 4.69) is 24.1 Å². The third-order valence-electron chi connectivity index (χ3n) is 5.41. The maximum absolute atomic E-state index is 10.2. The van der Waals surface area contributed by atoms with Crippen LogP contribution in [0.25, 0.3) is 0 Å². The van der Waals surface area contributed by atoms with Crippen LogP contribution in [0.3, 0.4) is 0 Å². The van der Waals surface area contributed by atoms with Crippen LogP contribution in [-0.4, -0.2) is 50.0 Å². The maximum Gasteiger partial charge on any atom is 0.161 e. The Hall–Kier alpha value is -1.26. The van der Waals surface area contributed by atoms with Crippen LogP contribution in [0, 0.1) is 0 Å². The zero-order valence-electron chi connectivity index (χ0n) is 13.1. The van der Waals surface area contributed by atoms with Crippen LogP contribution in [0.15, 0.2) is 18.2 Å². The third-order valence-corrected chi connectivity index (χ3v) is 5.41. The minimum Gasteiger partial charge on any atom is -0.493 e. The molecule has 4 heteroatoms. The standard InChI is InChI=1S/C17H25NO3/c1-18-9-8-17(11-13(19)5-7-16(17)18)12-4-6-14(20-2)15(10-12)21-3/h4,6,10,13,16,19H,5,7-9,11H2,1-3H3/t13-,16+,17+/m1/s1. The van der Waals surface area contributed by atoms with Gasteiger partial charge in [0.05, 0.1) is 20.3 Å². The van der Waals surface area contributed by atoms with E-state index in [0.29, 0.717) is 6.04 Å². The van der Waals surface area contributed by atoms with Gasteiger partial charge in [0.1, 0.15) is 0 Å². The molecule has 0 bridgehead atoms. The van der Waals surface area contributed by atoms with Crippen molar-refractivity contribution < 1.29 is 14.6 Å². The molecule has 3 rings (SSSR count). The molecule has 1 saturated heterocycles. The van der Waals surface area contributed by atoms with Crippen LogP contribution in [0.1, 0.15) is 31.2 Å². The summed E-state index contributed by atoms with van der Waals surface area (Å²) < 4.78 is 10.8. The Morgan fingerprint density at radius 3 is 2.67 bits per heavy atom. The number of methoxy groups -OCH3 is 2. The molecule has 0 spiro atoms. The van der Waals surface area contributed by atoms with Crippen LogP contribution in [0.2, 0.25) is 0 Å². The Labute approximate surface area is 126 Å². The first-order chi connectivity index (χ1) is 10.1. The Kier molecular flexibility index (Phi) is 3.84. The number of likely N-dealkylation sites (tertiary alicyclic amines) is 1. The van der Waals surface area contributed by atoms with E-state index < -0.39 is 0 Å². The molecule has 0 amide bonds. The van der Waals surface area contributed by atoms with E-state index >= 15 is 0 Å². The van der Waals surface area contributed by atoms with E-state index in [0.717, 1.165) is 43.7 Å². The summed E-state index contributed by atoms with van der Waals surface area (Å²) in [6.07, 6.45) is 3.72. The van der Waals surface area contributed by atoms with E-state index in [4.69, 9.17) is 9.47 Å². The lowest BCUT2D eigenvalue weighted by Crippen LogP contribution is -2.47. The summed E-state index contributed by atoms with van der Waals surface area (Å²) in [7, 11) is 5.53. The highest BCUT2D eigenvalue weighted by atomic mass is 16.5. The second kappa shape index (κ2) is 5.50. The molecule has 1 aliphatic carbocycles. The fourth-order valence-electron chi connectivity index (χ4n) is 4.33. The average Bonchev–Trinajstić information content (AvgIpc) is 2.84. The molecular weight excluding hydrogens is 266 g/mol. The Bertz CT molecular complexity index is 519. The minimum atomic E-state index is -0.194. The number of likely N-dealkylation sites (N-methyl/N-ethyl adjacent to an activating group) is 1. The topological polar surface area (TPSA) is 41.9 Å². The van der Waals surface area contributed by atoms with Gasteiger partial charge in [-0.05, 0) is 57.0 Å². The molecule has 1 heterocycles. The van der Waals surface area contributed by atoms with Gasteiger partial charge in [-0.1, -0.05) is 6.07 Å². The van der Waals surface area contributed by atoms with Crippen LogP contribution >= 0.6 is 0 Å². The minimum absolute atomic E-state index is 0.0476. The van der Waals surface area contributed by atoms with Crippen LogP contribution < -0.4 is 9.47 Å². The number of aliphatic hydroxyl groups excluding tert-OH is 1. The number of ether oxygens (including phenoxy) is 2. The largest absolute Gasteiger partial charge is 0.493 e. The molecule has 1 aliphatic heterocycles. The molecule has 0 aromatic heterocycles. The number of aliphatic hydroxyl groups is 1. The molecule has 2 aliphatic rings. The summed E-state index contributed by atoms with van der Waals surface area (Å²) in [6.45, 7) is 1.09. The second-order valence-corrected chi connectivity index (χ2v) is 6.41. The smallest absolute Gasteiger partial charge is 0.161 e. The summed E-state index contributed by atoms with van der Waals surface area (Å²) in [4.78, 5) is 2.45. The van der Waals surface area contributed by atoms with Crippen molar-refractivity contribution >= 4 is 0 Å². The number of fused-ring (bicyclic) bond motifs is 1. The van der Waals surface area contributed by atoms with Crippen LogP contribution in [0.5, 0.6) is 11.5 Å². The van der Waals surface area contributed by atoms with Gasteiger partial charge >= 0.3 is 0 Å². The molecule has 1 aromatic rings. The van der Waals surface area contributed by atoms with Gasteiger partial charge in [-0.15, -0.1) is 0 Å². The van der Waals surface area contributed by atoms with Gasteiger partial charge in [0.25, 0.3) is 0 Å². The first-order valence-corrected chi connectivity index (χ1v) is 7.71. The number of hydrogen-bond acceptors (Lipinski definition) is 4. The van der Waals surface area contributed by atoms with Gasteiger partial charge < -0.3 is 19.5 Å². The van der Waals surface area contributed by atoms with E-state index in [9.17, 15) is 5.11 Å². The number of benzene rings is 1. The van der Waals surface area contributed by atoms with Gasteiger partial charge in [0, 0.05) is 11.5 Å². The van der Waals surface area contributed by atoms with Gasteiger partial charge in [0.2, 0.25) is 0 Å². The van der Waals surface area contributed by atoms with Crippen molar-refractivity contribution in [3.05, 3.63) is 23.8 Å². The third kappa shape index (κ3) is 2.30. The van der Waals surface area contributed by atoms with Crippen LogP contribution in [0.4, 0.5) is 0 Å². The zero-order chi connectivity index (χ0) is 15.0. The quantitative estimate of drug-likeness (QED) is 0.927. The van der Waals surface area contributed by atoms with Crippen molar-refractivity contribution in [1.29, 1.82) is 0 Å². The summed E-state index contributed by atoms with van der Waals surface area (Å²) >= 11 is 0. The number of hydrogen-bond donors (Lipinski definition) is 1. The fraction of sp³-hybridized carbons (Fsp3) is 0.647. The highest BCUT2D eigenvalue weighted by Gasteiger charge is 2.50. The molecule has 2 fully saturated rings. The molecule has 1 N–H and O–H groups in total. The van der Waals surface area contributed by atoms with Gasteiger partial charge in [-0.3, -0.25) is 0 Å². The van der Waals surface area contributed by atoms with E-state index in [1.54, 1.807) is 14.2 Å². The van der Waals surface area contributed by atoms with E-state index in [1.807, 2.05) is 6.07 Å². The predicted molar refractivity (Wildman–Crippen MR) is 82.1 cm³/mol. The highest BCUT2D eigenvalue weighted by Crippen LogP contribution is 2.49. The Morgan fingerprint density at radius 2 is 1.95 bits per heavy atom. The molecule has 1 aromatic carbocycles. The summed E-state index contributed by atoms with van der Waals surface area (Å²) in [5.74, 6) is 1.54. The lowest BCUT2D eigenvalue weighted by molar-refractivity contribution is 0.0572. The molecule has 21 heavy (non-hydrogen) atoms. The first-order valence-electron chi connectivity index (χ1n) is 7.71. The molecule has 3 atom stereocenters. The monoisotopic (exact) mass is 291 g/mol. The van der Waals surface area contributed by atoms with Crippen molar-refractivity contribution in [2.45, 2.75) is 43.2 Å². The lowest BCUT2D eigenvalue weighted by atomic mass is 9.65. The summed E-state index contributed by atoms with van der Waals surface area (Å²) in [5.41, 5.74) is 1.32. The van der Waals surface area contributed by atoms with Gasteiger partial charge in [-0.25, -0.2) is 0 Å². The highest BCUT2D eigenvalue weighted by molar-refractivity contribution is 5.46. The maximum atomic E-state index is 10.2. The molecule has 116 valence electrons. The molecular formula is C17H25NO3. The van der Waals surface area contributed by atoms with Gasteiger partial charge in [0.15, 0.2) is 11.5 Å². The fourth-order valence-corrected chi connectivity index (χ4v) is 4.33. The molecule has 1 saturated carbocycles. The second-order valence-electron chi connectivity index (χ2n) is 6.41. The van der Waals surface area contributed by atoms with E-state index in [1.165, 1.54) is 5.56 Å². The first kappa shape index (κ1) is 14.7. The van der Waals surface area contributed by atoms with Crippen molar-refractivity contribution in [3.8, 4) is 11.5 Å². The Morgan fingerprint density at radius 1 is 1.19 bits per heavy atom. The van der Waals surface area contributed by atoms with Crippen molar-refractivity contribution in [2.75, 3.05) is 27.8 Å². The molecule has 0 radical (unpaired) electrons. The average molecular weight is 291 g/mol. The van der Waals surface area contributed by atoms with E-state index in [-0.39, 0.29) is 11.5 Å². The normalized spacial score (nSPS) is 32.8. The van der Waals surface area contributed by atoms with Crippen molar-refractivity contribution in [3.63, 3.8) is 0 Å². The molecule has 0 unspecified atom stereocenters. The number of nitrogens with zero attached hydrogens (tertiary/aromatic N) is 1. The Balaban J connectivity index is 2.03. The van der Waals surface area contributed by atoms with Crippen molar-refractivity contribution in [2.24, 2.45) is 0 Å². The number of rotatable bonds is 3. The van der Waals surface area contributed by atoms with Gasteiger partial charge in [-0.2, -0.15) is 0 Å². The van der Waals surface area contributed by atoms with Crippen LogP contribution in [-0.2, 0) is 5.41 Å². The lowest BCUT2D eigenvalue weighted by Gasteiger charge is -2.43. The zero-order valence-corrected chi connectivity index (χ0v) is 13.1. The predicted octanol–water partition coefficient (Wildman–Crippen LogP) is 2.19. The van der Waals surface area contributed by atoms with Crippen molar-refractivity contribution in [1.82, 2.24) is 4.90 Å². The summed E-state index contributed by atoms with van der Waals surface area (Å²) in [5, 5.41) is 10.2. The summed E-state index contributed by atoms with van der Waals surface area (Å²) in [6, 6.07) is 6.74. The molecule has 4 nitrogen and oxygen atoms in total. The SMILES string of the molecule is COc1ccc([C@@]23CCN(C)[C@H]2CC[C@@H](O)C3)cc1OC.